The highest BCUT2D eigenvalue weighted by atomic mass is 79.9. The SMILES string of the molecule is Cc1cccc(C)c1/C(C#N)=C(/Br)[Si](C(C)C)(C(C)C)C(C)C. The van der Waals surface area contributed by atoms with Crippen molar-refractivity contribution >= 4 is 29.6 Å². The number of aryl methyl sites for hydroxylation is 2. The summed E-state index contributed by atoms with van der Waals surface area (Å²) in [6.07, 6.45) is 0. The van der Waals surface area contributed by atoms with E-state index >= 15 is 0 Å². The van der Waals surface area contributed by atoms with Crippen LogP contribution in [0.3, 0.4) is 0 Å². The first-order chi connectivity index (χ1) is 10.6. The van der Waals surface area contributed by atoms with E-state index in [9.17, 15) is 5.26 Å². The predicted octanol–water partition coefficient (Wildman–Crippen LogP) is 7.15. The van der Waals surface area contributed by atoms with Gasteiger partial charge in [-0.15, -0.1) is 0 Å². The molecule has 126 valence electrons. The highest BCUT2D eigenvalue weighted by Crippen LogP contribution is 2.50. The van der Waals surface area contributed by atoms with Gasteiger partial charge in [0.1, 0.15) is 14.1 Å². The zero-order chi connectivity index (χ0) is 17.9. The van der Waals surface area contributed by atoms with Crippen molar-refractivity contribution in [2.45, 2.75) is 72.0 Å². The summed E-state index contributed by atoms with van der Waals surface area (Å²) in [6.45, 7) is 18.2. The van der Waals surface area contributed by atoms with Gasteiger partial charge in [0.25, 0.3) is 0 Å². The van der Waals surface area contributed by atoms with Gasteiger partial charge in [0, 0.05) is 4.11 Å². The molecule has 0 radical (unpaired) electrons. The van der Waals surface area contributed by atoms with Gasteiger partial charge in [-0.1, -0.05) is 75.7 Å². The molecule has 0 aliphatic carbocycles. The molecule has 23 heavy (non-hydrogen) atoms. The maximum atomic E-state index is 9.99. The molecule has 0 aliphatic rings. The number of allylic oxidation sites excluding steroid dienone is 1. The van der Waals surface area contributed by atoms with Gasteiger partial charge in [0.05, 0.1) is 5.57 Å². The first-order valence-electron chi connectivity index (χ1n) is 8.49. The topological polar surface area (TPSA) is 23.8 Å². The molecule has 0 N–H and O–H groups in total. The number of rotatable bonds is 5. The van der Waals surface area contributed by atoms with Crippen LogP contribution in [0.15, 0.2) is 22.3 Å². The Labute approximate surface area is 151 Å². The number of hydrogen-bond donors (Lipinski definition) is 0. The molecule has 0 bridgehead atoms. The van der Waals surface area contributed by atoms with E-state index in [-0.39, 0.29) is 0 Å². The van der Waals surface area contributed by atoms with Crippen molar-refractivity contribution < 1.29 is 0 Å². The fraction of sp³-hybridized carbons (Fsp3) is 0.550. The lowest BCUT2D eigenvalue weighted by Crippen LogP contribution is -2.45. The Balaban J connectivity index is 3.83. The van der Waals surface area contributed by atoms with Crippen LogP contribution in [-0.4, -0.2) is 8.07 Å². The molecule has 1 aromatic rings. The smallest absolute Gasteiger partial charge is 0.105 e. The van der Waals surface area contributed by atoms with E-state index in [2.05, 4.69) is 95.6 Å². The number of hydrogen-bond acceptors (Lipinski definition) is 1. The molecule has 0 unspecified atom stereocenters. The van der Waals surface area contributed by atoms with Crippen LogP contribution in [0.1, 0.15) is 58.2 Å². The normalized spacial score (nSPS) is 13.5. The van der Waals surface area contributed by atoms with Gasteiger partial charge in [-0.2, -0.15) is 5.26 Å². The zero-order valence-corrected chi connectivity index (χ0v) is 18.4. The molecule has 0 atom stereocenters. The van der Waals surface area contributed by atoms with E-state index in [0.717, 1.165) is 11.1 Å². The summed E-state index contributed by atoms with van der Waals surface area (Å²) in [6, 6.07) is 8.80. The van der Waals surface area contributed by atoms with Gasteiger partial charge in [-0.05, 0) is 47.2 Å². The molecule has 0 aliphatic heterocycles. The number of halogens is 1. The third-order valence-corrected chi connectivity index (χ3v) is 14.5. The molecular weight excluding hydrogens is 362 g/mol. The molecule has 0 saturated carbocycles. The van der Waals surface area contributed by atoms with Gasteiger partial charge < -0.3 is 0 Å². The third kappa shape index (κ3) is 3.49. The van der Waals surface area contributed by atoms with Gasteiger partial charge in [0.15, 0.2) is 0 Å². The molecule has 0 heterocycles. The molecule has 3 heteroatoms. The van der Waals surface area contributed by atoms with Crippen molar-refractivity contribution in [3.63, 3.8) is 0 Å². The van der Waals surface area contributed by atoms with E-state index < -0.39 is 8.07 Å². The minimum atomic E-state index is -1.87. The Bertz CT molecular complexity index is 594. The first kappa shape index (κ1) is 20.2. The quantitative estimate of drug-likeness (QED) is 0.385. The van der Waals surface area contributed by atoms with Crippen LogP contribution in [0.25, 0.3) is 5.57 Å². The van der Waals surface area contributed by atoms with Crippen LogP contribution in [0.5, 0.6) is 0 Å². The number of nitrogens with zero attached hydrogens (tertiary/aromatic N) is 1. The van der Waals surface area contributed by atoms with Gasteiger partial charge in [0.2, 0.25) is 0 Å². The van der Waals surface area contributed by atoms with Crippen molar-refractivity contribution in [1.82, 2.24) is 0 Å². The van der Waals surface area contributed by atoms with Crippen molar-refractivity contribution in [3.05, 3.63) is 39.0 Å². The summed E-state index contributed by atoms with van der Waals surface area (Å²) in [4.78, 5) is 0. The van der Waals surface area contributed by atoms with Crippen LogP contribution in [0, 0.1) is 25.2 Å². The lowest BCUT2D eigenvalue weighted by atomic mass is 9.97. The van der Waals surface area contributed by atoms with Gasteiger partial charge in [-0.3, -0.25) is 0 Å². The Morgan fingerprint density at radius 2 is 1.35 bits per heavy atom. The van der Waals surface area contributed by atoms with Crippen LogP contribution < -0.4 is 0 Å². The zero-order valence-electron chi connectivity index (χ0n) is 15.8. The standard InChI is InChI=1S/C20H30BrNSi/c1-13(2)23(14(3)4,15(5)6)20(21)18(12-22)19-16(7)10-9-11-17(19)8/h9-11,13-15H,1-8H3/b20-18-. The molecule has 1 aromatic carbocycles. The molecule has 0 saturated heterocycles. The Hall–Kier alpha value is -0.853. The van der Waals surface area contributed by atoms with Crippen molar-refractivity contribution in [1.29, 1.82) is 5.26 Å². The number of benzene rings is 1. The Morgan fingerprint density at radius 3 is 1.65 bits per heavy atom. The van der Waals surface area contributed by atoms with E-state index in [1.807, 2.05) is 0 Å². The summed E-state index contributed by atoms with van der Waals surface area (Å²) in [5.74, 6) is 0. The second-order valence-electron chi connectivity index (χ2n) is 7.46. The number of nitriles is 1. The van der Waals surface area contributed by atoms with E-state index in [0.29, 0.717) is 16.6 Å². The lowest BCUT2D eigenvalue weighted by Gasteiger charge is -2.43. The fourth-order valence-corrected chi connectivity index (χ4v) is 14.9. The minimum Gasteiger partial charge on any atom is -0.192 e. The Kier molecular flexibility index (Phi) is 6.86. The molecule has 1 nitrogen and oxygen atoms in total. The lowest BCUT2D eigenvalue weighted by molar-refractivity contribution is 0.832. The van der Waals surface area contributed by atoms with Crippen molar-refractivity contribution in [2.75, 3.05) is 0 Å². The van der Waals surface area contributed by atoms with Crippen molar-refractivity contribution in [3.8, 4) is 6.07 Å². The van der Waals surface area contributed by atoms with E-state index in [1.165, 1.54) is 15.2 Å². The monoisotopic (exact) mass is 391 g/mol. The maximum Gasteiger partial charge on any atom is 0.105 e. The fourth-order valence-electron chi connectivity index (χ4n) is 4.40. The van der Waals surface area contributed by atoms with E-state index in [4.69, 9.17) is 0 Å². The molecule has 0 spiro atoms. The van der Waals surface area contributed by atoms with Crippen LogP contribution >= 0.6 is 15.9 Å². The van der Waals surface area contributed by atoms with Crippen molar-refractivity contribution in [2.24, 2.45) is 0 Å². The molecule has 0 amide bonds. The summed E-state index contributed by atoms with van der Waals surface area (Å²) in [7, 11) is -1.87. The second kappa shape index (κ2) is 7.81. The second-order valence-corrected chi connectivity index (χ2v) is 14.8. The summed E-state index contributed by atoms with van der Waals surface area (Å²) in [5, 5.41) is 9.99. The predicted molar refractivity (Wildman–Crippen MR) is 108 cm³/mol. The van der Waals surface area contributed by atoms with Gasteiger partial charge in [-0.25, -0.2) is 0 Å². The molecule has 0 fully saturated rings. The highest BCUT2D eigenvalue weighted by Gasteiger charge is 2.46. The molecule has 0 aromatic heterocycles. The average molecular weight is 392 g/mol. The van der Waals surface area contributed by atoms with Crippen LogP contribution in [0.4, 0.5) is 0 Å². The van der Waals surface area contributed by atoms with Crippen LogP contribution in [0.2, 0.25) is 16.6 Å². The summed E-state index contributed by atoms with van der Waals surface area (Å²) >= 11 is 3.95. The van der Waals surface area contributed by atoms with Crippen LogP contribution in [-0.2, 0) is 0 Å². The third-order valence-electron chi connectivity index (χ3n) is 5.31. The van der Waals surface area contributed by atoms with Gasteiger partial charge >= 0.3 is 0 Å². The Morgan fingerprint density at radius 1 is 0.957 bits per heavy atom. The molecular formula is C20H30BrNSi. The summed E-state index contributed by atoms with van der Waals surface area (Å²) in [5.41, 5.74) is 6.04. The maximum absolute atomic E-state index is 9.99. The highest BCUT2D eigenvalue weighted by molar-refractivity contribution is 9.12. The average Bonchev–Trinajstić information content (AvgIpc) is 2.42. The largest absolute Gasteiger partial charge is 0.192 e. The van der Waals surface area contributed by atoms with E-state index in [1.54, 1.807) is 0 Å². The first-order valence-corrected chi connectivity index (χ1v) is 11.5. The summed E-state index contributed by atoms with van der Waals surface area (Å²) < 4.78 is 1.20. The minimum absolute atomic E-state index is 0.574. The molecule has 1 rings (SSSR count).